The van der Waals surface area contributed by atoms with E-state index in [1.165, 1.54) is 123 Å². The van der Waals surface area contributed by atoms with E-state index in [1.807, 2.05) is 0 Å². The Kier molecular flexibility index (Phi) is 14.8. The SMILES string of the molecule is CCc1cc(Cc2cc(C)c(N3COc4ccc(C(C)(C)c5ccc6c(c5)CN(c5c(C)cc(Cc7cc(C)c(N8COc9ccccc9C8)c(CC)c7)cc5CC)CO6)cc4C3)c(CC)c2)cc(C)c1N1COc2ccccc2C1. The van der Waals surface area contributed by atoms with E-state index >= 15 is 0 Å². The van der Waals surface area contributed by atoms with Gasteiger partial charge in [-0.2, -0.15) is 0 Å². The van der Waals surface area contributed by atoms with Gasteiger partial charge in [-0.25, -0.2) is 0 Å². The molecule has 8 aromatic carbocycles. The average Bonchev–Trinajstić information content (AvgIpc) is 3.52. The van der Waals surface area contributed by atoms with E-state index in [0.717, 1.165) is 87.7 Å². The van der Waals surface area contributed by atoms with Gasteiger partial charge in [0.15, 0.2) is 26.9 Å². The smallest absolute Gasteiger partial charge is 0.161 e. The molecular weight excluding hydrogens is 997 g/mol. The van der Waals surface area contributed by atoms with Crippen LogP contribution in [0, 0.1) is 27.7 Å². The fourth-order valence-electron chi connectivity index (χ4n) is 13.9. The fraction of sp³-hybridized carbons (Fsp3) is 0.342. The van der Waals surface area contributed by atoms with Crippen molar-refractivity contribution in [1.29, 1.82) is 0 Å². The van der Waals surface area contributed by atoms with Crippen molar-refractivity contribution < 1.29 is 18.9 Å². The maximum atomic E-state index is 6.59. The number of fused-ring (bicyclic) bond motifs is 4. The van der Waals surface area contributed by atoms with Gasteiger partial charge in [0.05, 0.1) is 0 Å². The summed E-state index contributed by atoms with van der Waals surface area (Å²) >= 11 is 0. The summed E-state index contributed by atoms with van der Waals surface area (Å²) in [6.07, 6.45) is 5.61. The zero-order valence-electron chi connectivity index (χ0n) is 49.5. The summed E-state index contributed by atoms with van der Waals surface area (Å²) in [6, 6.07) is 49.9. The van der Waals surface area contributed by atoms with Crippen LogP contribution < -0.4 is 38.5 Å². The van der Waals surface area contributed by atoms with Gasteiger partial charge in [-0.15, -0.1) is 0 Å². The third kappa shape index (κ3) is 10.5. The van der Waals surface area contributed by atoms with E-state index < -0.39 is 0 Å². The summed E-state index contributed by atoms with van der Waals surface area (Å²) in [5.74, 6) is 3.94. The van der Waals surface area contributed by atoms with Gasteiger partial charge >= 0.3 is 0 Å². The third-order valence-corrected chi connectivity index (χ3v) is 17.8. The molecule has 0 bridgehead atoms. The molecule has 0 aromatic heterocycles. The van der Waals surface area contributed by atoms with E-state index in [1.54, 1.807) is 0 Å². The van der Waals surface area contributed by atoms with Crippen LogP contribution in [0.15, 0.2) is 133 Å². The highest BCUT2D eigenvalue weighted by Gasteiger charge is 2.31. The van der Waals surface area contributed by atoms with E-state index in [-0.39, 0.29) is 5.41 Å². The Morgan fingerprint density at radius 3 is 0.938 bits per heavy atom. The Labute approximate surface area is 481 Å². The number of aryl methyl sites for hydroxylation is 8. The minimum Gasteiger partial charge on any atom is -0.473 e. The molecule has 416 valence electrons. The zero-order chi connectivity index (χ0) is 56.1. The Morgan fingerprint density at radius 2 is 0.630 bits per heavy atom. The monoisotopic (exact) mass is 1080 g/mol. The van der Waals surface area contributed by atoms with Gasteiger partial charge in [0, 0.05) is 76.6 Å². The quantitative estimate of drug-likeness (QED) is 0.107. The normalized spacial score (nSPS) is 14.7. The van der Waals surface area contributed by atoms with Crippen LogP contribution in [0.1, 0.15) is 142 Å². The van der Waals surface area contributed by atoms with Crippen LogP contribution in [0.3, 0.4) is 0 Å². The first-order valence-electron chi connectivity index (χ1n) is 29.7. The lowest BCUT2D eigenvalue weighted by Gasteiger charge is -2.36. The maximum absolute atomic E-state index is 6.59. The van der Waals surface area contributed by atoms with Crippen LogP contribution in [0.5, 0.6) is 23.0 Å². The van der Waals surface area contributed by atoms with E-state index in [0.29, 0.717) is 26.9 Å². The number of para-hydroxylation sites is 2. The van der Waals surface area contributed by atoms with Gasteiger partial charge in [0.2, 0.25) is 0 Å². The summed E-state index contributed by atoms with van der Waals surface area (Å²) in [5, 5.41) is 0. The molecule has 0 N–H and O–H groups in total. The van der Waals surface area contributed by atoms with Crippen LogP contribution in [0.2, 0.25) is 0 Å². The van der Waals surface area contributed by atoms with Crippen LogP contribution in [-0.2, 0) is 70.1 Å². The Morgan fingerprint density at radius 1 is 0.346 bits per heavy atom. The predicted octanol–water partition coefficient (Wildman–Crippen LogP) is 16.1. The van der Waals surface area contributed by atoms with Crippen LogP contribution >= 0.6 is 0 Å². The van der Waals surface area contributed by atoms with Crippen molar-refractivity contribution in [3.63, 3.8) is 0 Å². The van der Waals surface area contributed by atoms with E-state index in [9.17, 15) is 0 Å². The first kappa shape index (κ1) is 53.8. The Hall–Kier alpha value is -7.84. The van der Waals surface area contributed by atoms with Crippen molar-refractivity contribution in [2.24, 2.45) is 0 Å². The van der Waals surface area contributed by atoms with Gasteiger partial charge < -0.3 is 38.5 Å². The molecule has 4 aliphatic rings. The molecule has 8 heteroatoms. The second kappa shape index (κ2) is 22.2. The molecule has 0 spiro atoms. The highest BCUT2D eigenvalue weighted by molar-refractivity contribution is 5.67. The number of benzene rings is 8. The lowest BCUT2D eigenvalue weighted by Crippen LogP contribution is -2.34. The van der Waals surface area contributed by atoms with Gasteiger partial charge in [0.25, 0.3) is 0 Å². The molecule has 0 atom stereocenters. The predicted molar refractivity (Wildman–Crippen MR) is 332 cm³/mol. The van der Waals surface area contributed by atoms with Crippen molar-refractivity contribution in [3.05, 3.63) is 234 Å². The van der Waals surface area contributed by atoms with Gasteiger partial charge in [-0.05, 0) is 181 Å². The van der Waals surface area contributed by atoms with Crippen molar-refractivity contribution >= 4 is 22.7 Å². The molecule has 0 aliphatic carbocycles. The number of rotatable bonds is 14. The second-order valence-electron chi connectivity index (χ2n) is 23.8. The highest BCUT2D eigenvalue weighted by atomic mass is 16.5. The lowest BCUT2D eigenvalue weighted by molar-refractivity contribution is 0.288. The number of ether oxygens (including phenoxy) is 4. The van der Waals surface area contributed by atoms with Gasteiger partial charge in [-0.3, -0.25) is 0 Å². The Bertz CT molecular complexity index is 3450. The minimum absolute atomic E-state index is 0.269. The average molecular weight is 1080 g/mol. The van der Waals surface area contributed by atoms with Gasteiger partial charge in [0.1, 0.15) is 23.0 Å². The maximum Gasteiger partial charge on any atom is 0.161 e. The molecule has 81 heavy (non-hydrogen) atoms. The number of nitrogens with zero attached hydrogens (tertiary/aromatic N) is 4. The highest BCUT2D eigenvalue weighted by Crippen LogP contribution is 2.43. The first-order valence-corrected chi connectivity index (χ1v) is 29.7. The number of hydrogen-bond donors (Lipinski definition) is 0. The van der Waals surface area contributed by atoms with Crippen molar-refractivity contribution in [2.75, 3.05) is 46.5 Å². The summed E-state index contributed by atoms with van der Waals surface area (Å²) in [4.78, 5) is 9.68. The molecule has 8 nitrogen and oxygen atoms in total. The lowest BCUT2D eigenvalue weighted by atomic mass is 9.77. The number of anilines is 4. The molecule has 8 aromatic rings. The van der Waals surface area contributed by atoms with Gasteiger partial charge in [-0.1, -0.05) is 139 Å². The molecule has 0 saturated heterocycles. The molecule has 0 saturated carbocycles. The first-order chi connectivity index (χ1) is 39.3. The second-order valence-corrected chi connectivity index (χ2v) is 23.8. The molecule has 4 aliphatic heterocycles. The van der Waals surface area contributed by atoms with E-state index in [2.05, 4.69) is 222 Å². The molecule has 0 fully saturated rings. The molecular formula is C73H80N4O4. The largest absolute Gasteiger partial charge is 0.473 e. The molecule has 0 unspecified atom stereocenters. The van der Waals surface area contributed by atoms with E-state index in [4.69, 9.17) is 18.9 Å². The summed E-state index contributed by atoms with van der Waals surface area (Å²) in [5.41, 5.74) is 28.5. The molecule has 0 radical (unpaired) electrons. The molecule has 4 heterocycles. The zero-order valence-corrected chi connectivity index (χ0v) is 49.5. The summed E-state index contributed by atoms with van der Waals surface area (Å²) in [7, 11) is 0. The topological polar surface area (TPSA) is 49.9 Å². The standard InChI is InChI=1S/C73H80N4O4/c1-11-55-33-51(27-47(5)69(55)74-39-59-19-15-17-21-65(59)78-43-74)31-53-29-49(7)71(57(13-3)35-53)76-41-61-37-63(23-25-67(61)80-45-76)73(9,10)64-24-26-68-62(38-64)42-77(46-81-68)72-50(8)30-54(36-58(72)14-4)32-52-28-48(6)70(56(12-2)34-52)75-40-60-20-16-18-22-66(60)79-44-75/h15-30,33-38H,11-14,31-32,39-46H2,1-10H3. The van der Waals surface area contributed by atoms with Crippen molar-refractivity contribution in [1.82, 2.24) is 0 Å². The summed E-state index contributed by atoms with van der Waals surface area (Å²) in [6.45, 7) is 28.4. The van der Waals surface area contributed by atoms with Crippen LogP contribution in [0.4, 0.5) is 22.7 Å². The van der Waals surface area contributed by atoms with Crippen LogP contribution in [-0.4, -0.2) is 26.9 Å². The third-order valence-electron chi connectivity index (χ3n) is 17.8. The molecule has 0 amide bonds. The minimum atomic E-state index is -0.269. The number of hydrogen-bond acceptors (Lipinski definition) is 8. The summed E-state index contributed by atoms with van der Waals surface area (Å²) < 4.78 is 25.6. The van der Waals surface area contributed by atoms with Crippen molar-refractivity contribution in [3.8, 4) is 23.0 Å². The Balaban J connectivity index is 0.736. The molecule has 12 rings (SSSR count). The van der Waals surface area contributed by atoms with Crippen LogP contribution in [0.25, 0.3) is 0 Å². The fourth-order valence-corrected chi connectivity index (χ4v) is 13.9. The van der Waals surface area contributed by atoms with Crippen molar-refractivity contribution in [2.45, 2.75) is 139 Å².